The van der Waals surface area contributed by atoms with E-state index < -0.39 is 0 Å². The molecule has 0 aliphatic carbocycles. The van der Waals surface area contributed by atoms with Crippen LogP contribution in [0.2, 0.25) is 0 Å². The van der Waals surface area contributed by atoms with Crippen molar-refractivity contribution < 1.29 is 0 Å². The molecule has 5 nitrogen and oxygen atoms in total. The maximum absolute atomic E-state index is 4.61. The first-order valence-corrected chi connectivity index (χ1v) is 7.96. The van der Waals surface area contributed by atoms with Gasteiger partial charge in [-0.25, -0.2) is 4.98 Å². The zero-order valence-corrected chi connectivity index (χ0v) is 14.4. The van der Waals surface area contributed by atoms with Crippen molar-refractivity contribution in [1.29, 1.82) is 0 Å². The van der Waals surface area contributed by atoms with Crippen molar-refractivity contribution in [3.63, 3.8) is 0 Å². The smallest absolute Gasteiger partial charge is 0.160 e. The minimum atomic E-state index is 0.249. The standard InChI is InChI=1S/C18H23N5/c1-11-7-6-8-16(19-11)9-12(2)20-17-10-13(3)21-18-14(4)15(5)22-23(17)18/h6-8,10,12,20H,9H2,1-5H3. The Morgan fingerprint density at radius 1 is 1.09 bits per heavy atom. The van der Waals surface area contributed by atoms with Crippen LogP contribution < -0.4 is 5.32 Å². The third kappa shape index (κ3) is 3.18. The molecule has 0 spiro atoms. The number of anilines is 1. The number of nitrogens with one attached hydrogen (secondary N) is 1. The number of nitrogens with zero attached hydrogens (tertiary/aromatic N) is 4. The molecular formula is C18H23N5. The molecule has 23 heavy (non-hydrogen) atoms. The Balaban J connectivity index is 1.87. The van der Waals surface area contributed by atoms with Crippen LogP contribution >= 0.6 is 0 Å². The lowest BCUT2D eigenvalue weighted by molar-refractivity contribution is 0.750. The van der Waals surface area contributed by atoms with Crippen molar-refractivity contribution in [2.75, 3.05) is 5.32 Å². The van der Waals surface area contributed by atoms with Crippen molar-refractivity contribution in [1.82, 2.24) is 19.6 Å². The fourth-order valence-corrected chi connectivity index (χ4v) is 2.78. The topological polar surface area (TPSA) is 55.1 Å². The molecule has 1 atom stereocenters. The molecule has 0 aromatic carbocycles. The molecule has 0 saturated carbocycles. The second kappa shape index (κ2) is 5.99. The Morgan fingerprint density at radius 2 is 1.87 bits per heavy atom. The highest BCUT2D eigenvalue weighted by Gasteiger charge is 2.13. The van der Waals surface area contributed by atoms with E-state index in [2.05, 4.69) is 46.4 Å². The molecular weight excluding hydrogens is 286 g/mol. The summed E-state index contributed by atoms with van der Waals surface area (Å²) >= 11 is 0. The predicted octanol–water partition coefficient (Wildman–Crippen LogP) is 3.40. The number of aryl methyl sites for hydroxylation is 4. The van der Waals surface area contributed by atoms with Crippen molar-refractivity contribution in [3.05, 3.63) is 52.6 Å². The van der Waals surface area contributed by atoms with Crippen molar-refractivity contribution in [2.24, 2.45) is 0 Å². The summed E-state index contributed by atoms with van der Waals surface area (Å²) in [6, 6.07) is 8.44. The van der Waals surface area contributed by atoms with E-state index in [1.54, 1.807) is 0 Å². The SMILES string of the molecule is Cc1cccc(CC(C)Nc2cc(C)nc3c(C)c(C)nn23)n1. The molecule has 1 unspecified atom stereocenters. The van der Waals surface area contributed by atoms with Gasteiger partial charge in [-0.05, 0) is 46.8 Å². The van der Waals surface area contributed by atoms with E-state index in [-0.39, 0.29) is 6.04 Å². The lowest BCUT2D eigenvalue weighted by Gasteiger charge is -2.16. The second-order valence-corrected chi connectivity index (χ2v) is 6.25. The van der Waals surface area contributed by atoms with Gasteiger partial charge in [0.2, 0.25) is 0 Å². The normalized spacial score (nSPS) is 12.6. The number of pyridine rings is 1. The highest BCUT2D eigenvalue weighted by molar-refractivity contribution is 5.56. The first kappa shape index (κ1) is 15.5. The van der Waals surface area contributed by atoms with Crippen LogP contribution in [-0.4, -0.2) is 25.6 Å². The Labute approximate surface area is 136 Å². The summed E-state index contributed by atoms with van der Waals surface area (Å²) < 4.78 is 1.90. The van der Waals surface area contributed by atoms with Crippen LogP contribution in [-0.2, 0) is 6.42 Å². The third-order valence-electron chi connectivity index (χ3n) is 4.04. The molecule has 3 heterocycles. The molecule has 0 radical (unpaired) electrons. The Kier molecular flexibility index (Phi) is 4.03. The lowest BCUT2D eigenvalue weighted by Crippen LogP contribution is -2.21. The van der Waals surface area contributed by atoms with E-state index in [4.69, 9.17) is 0 Å². The van der Waals surface area contributed by atoms with Crippen LogP contribution in [0.4, 0.5) is 5.82 Å². The minimum absolute atomic E-state index is 0.249. The highest BCUT2D eigenvalue weighted by Crippen LogP contribution is 2.19. The monoisotopic (exact) mass is 309 g/mol. The Morgan fingerprint density at radius 3 is 2.61 bits per heavy atom. The van der Waals surface area contributed by atoms with E-state index in [0.29, 0.717) is 0 Å². The van der Waals surface area contributed by atoms with Crippen molar-refractivity contribution in [2.45, 2.75) is 47.1 Å². The van der Waals surface area contributed by atoms with Crippen molar-refractivity contribution in [3.8, 4) is 0 Å². The molecule has 0 saturated heterocycles. The number of fused-ring (bicyclic) bond motifs is 1. The third-order valence-corrected chi connectivity index (χ3v) is 4.04. The van der Waals surface area contributed by atoms with Gasteiger partial charge in [0.1, 0.15) is 5.82 Å². The summed E-state index contributed by atoms with van der Waals surface area (Å²) in [5.41, 5.74) is 6.20. The van der Waals surface area contributed by atoms with Gasteiger partial charge in [-0.2, -0.15) is 9.61 Å². The zero-order chi connectivity index (χ0) is 16.6. The maximum atomic E-state index is 4.61. The van der Waals surface area contributed by atoms with E-state index in [1.165, 1.54) is 0 Å². The second-order valence-electron chi connectivity index (χ2n) is 6.25. The fraction of sp³-hybridized carbons (Fsp3) is 0.389. The molecule has 0 bridgehead atoms. The summed E-state index contributed by atoms with van der Waals surface area (Å²) in [6.07, 6.45) is 0.865. The van der Waals surface area contributed by atoms with E-state index in [1.807, 2.05) is 37.4 Å². The average molecular weight is 309 g/mol. The molecule has 120 valence electrons. The van der Waals surface area contributed by atoms with E-state index >= 15 is 0 Å². The first-order valence-electron chi connectivity index (χ1n) is 7.96. The van der Waals surface area contributed by atoms with Crippen molar-refractivity contribution >= 4 is 11.5 Å². The maximum Gasteiger partial charge on any atom is 0.160 e. The molecule has 0 aliphatic heterocycles. The number of aromatic nitrogens is 4. The molecule has 3 aromatic heterocycles. The van der Waals surface area contributed by atoms with Crippen LogP contribution in [0.1, 0.15) is 35.3 Å². The van der Waals surface area contributed by atoms with Gasteiger partial charge in [0.25, 0.3) is 0 Å². The van der Waals surface area contributed by atoms with Gasteiger partial charge in [0, 0.05) is 41.2 Å². The number of hydrogen-bond donors (Lipinski definition) is 1. The number of rotatable bonds is 4. The van der Waals surface area contributed by atoms with Crippen LogP contribution in [0.25, 0.3) is 5.65 Å². The molecule has 0 fully saturated rings. The summed E-state index contributed by atoms with van der Waals surface area (Å²) in [5.74, 6) is 0.976. The van der Waals surface area contributed by atoms with Gasteiger partial charge in [0.15, 0.2) is 5.65 Å². The first-order chi connectivity index (χ1) is 10.9. The van der Waals surface area contributed by atoms with Crippen LogP contribution in [0.15, 0.2) is 24.3 Å². The number of hydrogen-bond acceptors (Lipinski definition) is 4. The van der Waals surface area contributed by atoms with Gasteiger partial charge in [0.05, 0.1) is 5.69 Å². The molecule has 0 aliphatic rings. The average Bonchev–Trinajstić information content (AvgIpc) is 2.75. The van der Waals surface area contributed by atoms with Gasteiger partial charge in [-0.15, -0.1) is 0 Å². The summed E-state index contributed by atoms with van der Waals surface area (Å²) in [4.78, 5) is 9.19. The van der Waals surface area contributed by atoms with Crippen LogP contribution in [0.5, 0.6) is 0 Å². The molecule has 1 N–H and O–H groups in total. The van der Waals surface area contributed by atoms with E-state index in [9.17, 15) is 0 Å². The zero-order valence-electron chi connectivity index (χ0n) is 14.4. The Bertz CT molecular complexity index is 850. The summed E-state index contributed by atoms with van der Waals surface area (Å²) in [5, 5.41) is 8.16. The highest BCUT2D eigenvalue weighted by atomic mass is 15.3. The van der Waals surface area contributed by atoms with Gasteiger partial charge < -0.3 is 5.32 Å². The quantitative estimate of drug-likeness (QED) is 0.802. The van der Waals surface area contributed by atoms with E-state index in [0.717, 1.165) is 46.2 Å². The van der Waals surface area contributed by atoms with Crippen LogP contribution in [0.3, 0.4) is 0 Å². The van der Waals surface area contributed by atoms with Gasteiger partial charge >= 0.3 is 0 Å². The van der Waals surface area contributed by atoms with Crippen LogP contribution in [0, 0.1) is 27.7 Å². The van der Waals surface area contributed by atoms with Gasteiger partial charge in [-0.1, -0.05) is 6.07 Å². The lowest BCUT2D eigenvalue weighted by atomic mass is 10.1. The molecule has 0 amide bonds. The predicted molar refractivity (Wildman–Crippen MR) is 93.0 cm³/mol. The molecule has 3 rings (SSSR count). The summed E-state index contributed by atoms with van der Waals surface area (Å²) in [6.45, 7) is 10.3. The fourth-order valence-electron chi connectivity index (χ4n) is 2.78. The largest absolute Gasteiger partial charge is 0.367 e. The van der Waals surface area contributed by atoms with Gasteiger partial charge in [-0.3, -0.25) is 4.98 Å². The summed E-state index contributed by atoms with van der Waals surface area (Å²) in [7, 11) is 0. The Hall–Kier alpha value is -2.43. The minimum Gasteiger partial charge on any atom is -0.367 e. The molecule has 3 aromatic rings. The molecule has 5 heteroatoms.